The second-order valence-electron chi connectivity index (χ2n) is 6.59. The molecule has 1 aliphatic heterocycles. The van der Waals surface area contributed by atoms with Crippen LogP contribution in [0.2, 0.25) is 0 Å². The molecule has 2 amide bonds. The van der Waals surface area contributed by atoms with Crippen LogP contribution < -0.4 is 0 Å². The van der Waals surface area contributed by atoms with Gasteiger partial charge in [0.05, 0.1) is 15.4 Å². The van der Waals surface area contributed by atoms with E-state index in [-0.39, 0.29) is 24.0 Å². The van der Waals surface area contributed by atoms with Crippen molar-refractivity contribution in [2.45, 2.75) is 19.1 Å². The number of imide groups is 1. The van der Waals surface area contributed by atoms with Crippen LogP contribution in [0.4, 0.5) is 5.69 Å². The van der Waals surface area contributed by atoms with Crippen LogP contribution in [0.1, 0.15) is 24.5 Å². The van der Waals surface area contributed by atoms with Crippen LogP contribution in [-0.2, 0) is 20.1 Å². The number of benzene rings is 2. The molecule has 0 saturated heterocycles. The third-order valence-electron chi connectivity index (χ3n) is 4.59. The smallest absolute Gasteiger partial charge is 0.269 e. The Bertz CT molecular complexity index is 957. The van der Waals surface area contributed by atoms with E-state index < -0.39 is 4.92 Å². The molecular weight excluding hydrogens is 404 g/mol. The second-order valence-corrected chi connectivity index (χ2v) is 7.58. The first-order valence-electron chi connectivity index (χ1n) is 9.62. The van der Waals surface area contributed by atoms with Gasteiger partial charge in [-0.1, -0.05) is 30.3 Å². The van der Waals surface area contributed by atoms with Crippen molar-refractivity contribution in [1.82, 2.24) is 4.90 Å². The monoisotopic (exact) mass is 426 g/mol. The zero-order valence-corrected chi connectivity index (χ0v) is 17.4. The Labute approximate surface area is 178 Å². The number of hydrogen-bond donors (Lipinski definition) is 0. The number of nitro groups is 1. The second kappa shape index (κ2) is 10.2. The summed E-state index contributed by atoms with van der Waals surface area (Å²) in [6.45, 7) is 3.20. The third-order valence-corrected chi connectivity index (χ3v) is 5.74. The number of carbonyl (C=O) groups excluding carboxylic acids is 2. The van der Waals surface area contributed by atoms with E-state index in [1.807, 2.05) is 37.3 Å². The van der Waals surface area contributed by atoms with Crippen LogP contribution in [0.5, 0.6) is 0 Å². The molecule has 0 radical (unpaired) electrons. The van der Waals surface area contributed by atoms with Gasteiger partial charge < -0.3 is 4.74 Å². The Morgan fingerprint density at radius 3 is 2.37 bits per heavy atom. The summed E-state index contributed by atoms with van der Waals surface area (Å²) in [5.74, 6) is -0.162. The minimum Gasteiger partial charge on any atom is -0.382 e. The maximum absolute atomic E-state index is 13.1. The topological polar surface area (TPSA) is 89.8 Å². The minimum absolute atomic E-state index is 0.0665. The quantitative estimate of drug-likeness (QED) is 0.247. The highest BCUT2D eigenvalue weighted by Crippen LogP contribution is 2.38. The molecule has 0 atom stereocenters. The maximum atomic E-state index is 13.1. The molecule has 2 aromatic carbocycles. The van der Waals surface area contributed by atoms with Crippen molar-refractivity contribution < 1.29 is 19.2 Å². The molecule has 0 saturated carbocycles. The molecule has 1 heterocycles. The molecular formula is C22H22N2O5S. The van der Waals surface area contributed by atoms with E-state index in [2.05, 4.69) is 0 Å². The van der Waals surface area contributed by atoms with Crippen LogP contribution in [0, 0.1) is 10.1 Å². The molecule has 1 aliphatic rings. The molecule has 0 spiro atoms. The lowest BCUT2D eigenvalue weighted by Gasteiger charge is -2.15. The fraction of sp³-hybridized carbons (Fsp3) is 0.273. The zero-order valence-electron chi connectivity index (χ0n) is 16.6. The van der Waals surface area contributed by atoms with Crippen molar-refractivity contribution in [2.75, 3.05) is 19.8 Å². The highest BCUT2D eigenvalue weighted by Gasteiger charge is 2.38. The summed E-state index contributed by atoms with van der Waals surface area (Å²) < 4.78 is 5.31. The van der Waals surface area contributed by atoms with Gasteiger partial charge in [0.15, 0.2) is 0 Å². The van der Waals surface area contributed by atoms with Gasteiger partial charge in [0.2, 0.25) is 0 Å². The van der Waals surface area contributed by atoms with Crippen LogP contribution in [0.3, 0.4) is 0 Å². The minimum atomic E-state index is -0.495. The summed E-state index contributed by atoms with van der Waals surface area (Å²) in [5, 5.41) is 10.9. The average molecular weight is 426 g/mol. The Morgan fingerprint density at radius 2 is 1.73 bits per heavy atom. The van der Waals surface area contributed by atoms with Gasteiger partial charge in [0.1, 0.15) is 0 Å². The molecule has 0 aliphatic carbocycles. The Hall–Kier alpha value is -2.97. The van der Waals surface area contributed by atoms with Crippen molar-refractivity contribution in [3.8, 4) is 0 Å². The predicted molar refractivity (Wildman–Crippen MR) is 116 cm³/mol. The molecule has 30 heavy (non-hydrogen) atoms. The van der Waals surface area contributed by atoms with Crippen molar-refractivity contribution >= 4 is 34.8 Å². The molecule has 3 rings (SSSR count). The molecule has 8 heteroatoms. The number of nitrogens with zero attached hydrogens (tertiary/aromatic N) is 2. The molecule has 0 N–H and O–H groups in total. The van der Waals surface area contributed by atoms with Crippen LogP contribution in [0.15, 0.2) is 59.5 Å². The van der Waals surface area contributed by atoms with Crippen molar-refractivity contribution in [1.29, 1.82) is 0 Å². The average Bonchev–Trinajstić information content (AvgIpc) is 3.00. The van der Waals surface area contributed by atoms with Crippen LogP contribution in [-0.4, -0.2) is 41.4 Å². The summed E-state index contributed by atoms with van der Waals surface area (Å²) in [7, 11) is 0. The van der Waals surface area contributed by atoms with Gasteiger partial charge in [-0.2, -0.15) is 0 Å². The number of non-ortho nitro benzene ring substituents is 1. The largest absolute Gasteiger partial charge is 0.382 e. The molecule has 0 bridgehead atoms. The lowest BCUT2D eigenvalue weighted by atomic mass is 10.1. The first-order valence-corrected chi connectivity index (χ1v) is 10.6. The standard InChI is InChI=1S/C22H22N2O5S/c1-2-29-14-6-13-23-21(25)19(17-9-11-18(12-10-17)24(27)28)20(22(23)26)30-15-16-7-4-3-5-8-16/h3-5,7-12H,2,6,13-15H2,1H3. The number of carbonyl (C=O) groups is 2. The van der Waals surface area contributed by atoms with E-state index in [1.165, 1.54) is 40.9 Å². The maximum Gasteiger partial charge on any atom is 0.269 e. The summed E-state index contributed by atoms with van der Waals surface area (Å²) in [4.78, 5) is 38.2. The van der Waals surface area contributed by atoms with Crippen molar-refractivity contribution in [3.63, 3.8) is 0 Å². The summed E-state index contributed by atoms with van der Waals surface area (Å²) >= 11 is 1.31. The van der Waals surface area contributed by atoms with Crippen molar-refractivity contribution in [2.24, 2.45) is 0 Å². The number of thioether (sulfide) groups is 1. The molecule has 156 valence electrons. The Balaban J connectivity index is 1.88. The summed E-state index contributed by atoms with van der Waals surface area (Å²) in [6.07, 6.45) is 0.551. The predicted octanol–water partition coefficient (Wildman–Crippen LogP) is 4.03. The van der Waals surface area contributed by atoms with E-state index in [0.29, 0.717) is 41.4 Å². The number of hydrogen-bond acceptors (Lipinski definition) is 6. The van der Waals surface area contributed by atoms with Gasteiger partial charge >= 0.3 is 0 Å². The van der Waals surface area contributed by atoms with E-state index in [9.17, 15) is 19.7 Å². The Morgan fingerprint density at radius 1 is 1.03 bits per heavy atom. The fourth-order valence-corrected chi connectivity index (χ4v) is 4.18. The normalized spacial score (nSPS) is 14.0. The van der Waals surface area contributed by atoms with Gasteiger partial charge in [-0.3, -0.25) is 24.6 Å². The van der Waals surface area contributed by atoms with Crippen LogP contribution in [0.25, 0.3) is 5.57 Å². The van der Waals surface area contributed by atoms with Crippen LogP contribution >= 0.6 is 11.8 Å². The van der Waals surface area contributed by atoms with Gasteiger partial charge in [0, 0.05) is 37.6 Å². The SMILES string of the molecule is CCOCCCN1C(=O)C(SCc2ccccc2)=C(c2ccc([N+](=O)[O-])cc2)C1=O. The number of amides is 2. The summed E-state index contributed by atoms with van der Waals surface area (Å²) in [5.41, 5.74) is 1.77. The highest BCUT2D eigenvalue weighted by molar-refractivity contribution is 8.03. The van der Waals surface area contributed by atoms with E-state index >= 15 is 0 Å². The van der Waals surface area contributed by atoms with Gasteiger partial charge in [-0.25, -0.2) is 0 Å². The Kier molecular flexibility index (Phi) is 7.37. The molecule has 0 aromatic heterocycles. The van der Waals surface area contributed by atoms with Gasteiger partial charge in [-0.15, -0.1) is 11.8 Å². The zero-order chi connectivity index (χ0) is 21.5. The summed E-state index contributed by atoms with van der Waals surface area (Å²) in [6, 6.07) is 15.4. The number of ether oxygens (including phenoxy) is 1. The number of nitro benzene ring substituents is 1. The van der Waals surface area contributed by atoms with E-state index in [1.54, 1.807) is 0 Å². The van der Waals surface area contributed by atoms with E-state index in [0.717, 1.165) is 5.56 Å². The fourth-order valence-electron chi connectivity index (χ4n) is 3.09. The molecule has 7 nitrogen and oxygen atoms in total. The highest BCUT2D eigenvalue weighted by atomic mass is 32.2. The van der Waals surface area contributed by atoms with Crippen molar-refractivity contribution in [3.05, 3.63) is 80.7 Å². The first-order chi connectivity index (χ1) is 14.5. The lowest BCUT2D eigenvalue weighted by molar-refractivity contribution is -0.384. The van der Waals surface area contributed by atoms with Gasteiger partial charge in [0.25, 0.3) is 17.5 Å². The third kappa shape index (κ3) is 4.95. The van der Waals surface area contributed by atoms with Gasteiger partial charge in [-0.05, 0) is 36.6 Å². The molecule has 0 fully saturated rings. The first kappa shape index (κ1) is 21.7. The number of rotatable bonds is 10. The van der Waals surface area contributed by atoms with E-state index in [4.69, 9.17) is 4.74 Å². The molecule has 0 unspecified atom stereocenters. The lowest BCUT2D eigenvalue weighted by Crippen LogP contribution is -2.33. The molecule has 2 aromatic rings.